The number of anilines is 1. The SMILES string of the molecule is O=C(CC1CCCCC1)Nc1cn(CCC2(O)COC2)c2cccc(Br)c12. The van der Waals surface area contributed by atoms with Crippen molar-refractivity contribution in [3.05, 3.63) is 28.9 Å². The average molecular weight is 435 g/mol. The molecule has 1 amide bonds. The number of carbonyl (C=O) groups excluding carboxylic acids is 1. The fourth-order valence-corrected chi connectivity index (χ4v) is 4.82. The van der Waals surface area contributed by atoms with Crippen LogP contribution in [0.2, 0.25) is 0 Å². The molecule has 27 heavy (non-hydrogen) atoms. The van der Waals surface area contributed by atoms with E-state index in [0.29, 0.717) is 38.5 Å². The number of aryl methyl sites for hydroxylation is 1. The van der Waals surface area contributed by atoms with Crippen molar-refractivity contribution >= 4 is 38.4 Å². The first kappa shape index (κ1) is 19.0. The highest BCUT2D eigenvalue weighted by molar-refractivity contribution is 9.10. The Morgan fingerprint density at radius 2 is 2.07 bits per heavy atom. The van der Waals surface area contributed by atoms with Crippen molar-refractivity contribution in [2.24, 2.45) is 5.92 Å². The molecule has 1 aliphatic carbocycles. The molecule has 0 spiro atoms. The van der Waals surface area contributed by atoms with Crippen molar-refractivity contribution in [2.45, 2.75) is 57.1 Å². The number of hydrogen-bond acceptors (Lipinski definition) is 3. The van der Waals surface area contributed by atoms with Crippen LogP contribution in [0.5, 0.6) is 0 Å². The Kier molecular flexibility index (Phi) is 5.58. The molecule has 0 unspecified atom stereocenters. The van der Waals surface area contributed by atoms with Crippen molar-refractivity contribution in [3.63, 3.8) is 0 Å². The Balaban J connectivity index is 1.51. The summed E-state index contributed by atoms with van der Waals surface area (Å²) in [5.41, 5.74) is 1.18. The molecule has 2 heterocycles. The largest absolute Gasteiger partial charge is 0.385 e. The van der Waals surface area contributed by atoms with Gasteiger partial charge in [-0.2, -0.15) is 0 Å². The fourth-order valence-electron chi connectivity index (χ4n) is 4.25. The summed E-state index contributed by atoms with van der Waals surface area (Å²) < 4.78 is 8.23. The van der Waals surface area contributed by atoms with Gasteiger partial charge in [0.15, 0.2) is 0 Å². The third-order valence-corrected chi connectivity index (χ3v) is 6.55. The quantitative estimate of drug-likeness (QED) is 0.704. The molecule has 2 N–H and O–H groups in total. The van der Waals surface area contributed by atoms with E-state index in [0.717, 1.165) is 21.1 Å². The lowest BCUT2D eigenvalue weighted by Crippen LogP contribution is -2.50. The normalized spacial score (nSPS) is 19.8. The van der Waals surface area contributed by atoms with Crippen molar-refractivity contribution in [1.29, 1.82) is 0 Å². The molecule has 1 saturated heterocycles. The first-order valence-corrected chi connectivity index (χ1v) is 10.7. The van der Waals surface area contributed by atoms with Crippen molar-refractivity contribution in [3.8, 4) is 0 Å². The molecule has 1 aliphatic heterocycles. The molecule has 1 saturated carbocycles. The zero-order valence-corrected chi connectivity index (χ0v) is 17.1. The number of nitrogens with one attached hydrogen (secondary N) is 1. The zero-order valence-electron chi connectivity index (χ0n) is 15.5. The molecule has 6 heteroatoms. The molecule has 2 aromatic rings. The van der Waals surface area contributed by atoms with Gasteiger partial charge in [-0.25, -0.2) is 0 Å². The second-order valence-electron chi connectivity index (χ2n) is 8.09. The van der Waals surface area contributed by atoms with Gasteiger partial charge >= 0.3 is 0 Å². The van der Waals surface area contributed by atoms with E-state index in [4.69, 9.17) is 4.74 Å². The number of halogens is 1. The highest BCUT2D eigenvalue weighted by Gasteiger charge is 2.35. The van der Waals surface area contributed by atoms with E-state index in [-0.39, 0.29) is 5.91 Å². The standard InChI is InChI=1S/C21H27BrN2O3/c22-16-7-4-8-18-20(16)17(12-24(18)10-9-21(26)13-27-14-21)23-19(25)11-15-5-2-1-3-6-15/h4,7-8,12,15,26H,1-3,5-6,9-11,13-14H2,(H,23,25). The molecule has 0 atom stereocenters. The number of hydrogen-bond donors (Lipinski definition) is 2. The monoisotopic (exact) mass is 434 g/mol. The summed E-state index contributed by atoms with van der Waals surface area (Å²) in [6.45, 7) is 1.49. The minimum Gasteiger partial charge on any atom is -0.385 e. The summed E-state index contributed by atoms with van der Waals surface area (Å²) >= 11 is 3.63. The van der Waals surface area contributed by atoms with Crippen LogP contribution >= 0.6 is 15.9 Å². The van der Waals surface area contributed by atoms with Gasteiger partial charge in [0.1, 0.15) is 5.60 Å². The second-order valence-corrected chi connectivity index (χ2v) is 8.95. The van der Waals surface area contributed by atoms with Crippen LogP contribution in [0.15, 0.2) is 28.9 Å². The van der Waals surface area contributed by atoms with Gasteiger partial charge < -0.3 is 19.7 Å². The second kappa shape index (κ2) is 7.94. The molecule has 146 valence electrons. The first-order valence-electron chi connectivity index (χ1n) is 9.91. The highest BCUT2D eigenvalue weighted by atomic mass is 79.9. The summed E-state index contributed by atoms with van der Waals surface area (Å²) in [6.07, 6.45) is 9.36. The van der Waals surface area contributed by atoms with Crippen molar-refractivity contribution < 1.29 is 14.6 Å². The smallest absolute Gasteiger partial charge is 0.224 e. The van der Waals surface area contributed by atoms with Crippen LogP contribution in [0.3, 0.4) is 0 Å². The Morgan fingerprint density at radius 3 is 2.78 bits per heavy atom. The Labute approximate surface area is 168 Å². The average Bonchev–Trinajstić information content (AvgIpc) is 2.98. The van der Waals surface area contributed by atoms with Gasteiger partial charge in [0.2, 0.25) is 5.91 Å². The van der Waals surface area contributed by atoms with Gasteiger partial charge in [0.25, 0.3) is 0 Å². The highest BCUT2D eigenvalue weighted by Crippen LogP contribution is 2.34. The van der Waals surface area contributed by atoms with E-state index < -0.39 is 5.60 Å². The lowest BCUT2D eigenvalue weighted by molar-refractivity contribution is -0.182. The summed E-state index contributed by atoms with van der Waals surface area (Å²) in [5.74, 6) is 0.617. The predicted molar refractivity (Wildman–Crippen MR) is 110 cm³/mol. The molecule has 5 nitrogen and oxygen atoms in total. The Bertz CT molecular complexity index is 822. The predicted octanol–water partition coefficient (Wildman–Crippen LogP) is 4.46. The Hall–Kier alpha value is -1.37. The molecular formula is C21H27BrN2O3. The van der Waals surface area contributed by atoms with Crippen molar-refractivity contribution in [2.75, 3.05) is 18.5 Å². The van der Waals surface area contributed by atoms with Gasteiger partial charge in [-0.1, -0.05) is 41.3 Å². The summed E-state index contributed by atoms with van der Waals surface area (Å²) in [4.78, 5) is 12.6. The number of nitrogens with zero attached hydrogens (tertiary/aromatic N) is 1. The minimum absolute atomic E-state index is 0.0997. The summed E-state index contributed by atoms with van der Waals surface area (Å²) in [7, 11) is 0. The van der Waals surface area contributed by atoms with E-state index >= 15 is 0 Å². The number of aromatic nitrogens is 1. The molecular weight excluding hydrogens is 408 g/mol. The maximum atomic E-state index is 12.6. The van der Waals surface area contributed by atoms with Crippen LogP contribution in [0.4, 0.5) is 5.69 Å². The molecule has 1 aromatic heterocycles. The van der Waals surface area contributed by atoms with Gasteiger partial charge in [0.05, 0.1) is 24.4 Å². The van der Waals surface area contributed by atoms with E-state index in [9.17, 15) is 9.90 Å². The summed E-state index contributed by atoms with van der Waals surface area (Å²) in [6, 6.07) is 6.05. The van der Waals surface area contributed by atoms with Crippen LogP contribution in [0, 0.1) is 5.92 Å². The van der Waals surface area contributed by atoms with Gasteiger partial charge in [-0.15, -0.1) is 0 Å². The number of ether oxygens (including phenoxy) is 1. The van der Waals surface area contributed by atoms with Crippen molar-refractivity contribution in [1.82, 2.24) is 4.57 Å². The summed E-state index contributed by atoms with van der Waals surface area (Å²) in [5, 5.41) is 14.5. The number of benzene rings is 1. The number of amides is 1. The van der Waals surface area contributed by atoms with Crippen LogP contribution in [0.1, 0.15) is 44.9 Å². The lowest BCUT2D eigenvalue weighted by Gasteiger charge is -2.36. The molecule has 2 aliphatic rings. The number of carbonyl (C=O) groups is 1. The molecule has 4 rings (SSSR count). The molecule has 2 fully saturated rings. The molecule has 0 bridgehead atoms. The number of fused-ring (bicyclic) bond motifs is 1. The third-order valence-electron chi connectivity index (χ3n) is 5.89. The van der Waals surface area contributed by atoms with Gasteiger partial charge in [-0.3, -0.25) is 4.79 Å². The first-order chi connectivity index (χ1) is 13.0. The van der Waals surface area contributed by atoms with E-state index in [1.165, 1.54) is 32.1 Å². The fraction of sp³-hybridized carbons (Fsp3) is 0.571. The number of aliphatic hydroxyl groups is 1. The zero-order chi connectivity index (χ0) is 18.9. The maximum Gasteiger partial charge on any atom is 0.224 e. The number of rotatable bonds is 6. The van der Waals surface area contributed by atoms with E-state index in [1.54, 1.807) is 0 Å². The molecule has 0 radical (unpaired) electrons. The van der Waals surface area contributed by atoms with Gasteiger partial charge in [0, 0.05) is 29.0 Å². The van der Waals surface area contributed by atoms with Crippen LogP contribution in [0.25, 0.3) is 10.9 Å². The van der Waals surface area contributed by atoms with E-state index in [2.05, 4.69) is 31.9 Å². The Morgan fingerprint density at radius 1 is 1.30 bits per heavy atom. The van der Waals surface area contributed by atoms with Crippen LogP contribution in [-0.4, -0.2) is 34.4 Å². The van der Waals surface area contributed by atoms with Crippen LogP contribution in [-0.2, 0) is 16.1 Å². The van der Waals surface area contributed by atoms with E-state index in [1.807, 2.05) is 18.3 Å². The maximum absolute atomic E-state index is 12.6. The van der Waals surface area contributed by atoms with Gasteiger partial charge in [-0.05, 0) is 37.3 Å². The molecule has 1 aromatic carbocycles. The van der Waals surface area contributed by atoms with Crippen LogP contribution < -0.4 is 5.32 Å². The minimum atomic E-state index is -0.715. The third kappa shape index (κ3) is 4.23. The lowest BCUT2D eigenvalue weighted by atomic mass is 9.87. The topological polar surface area (TPSA) is 63.5 Å².